The molecule has 10 heteroatoms. The van der Waals surface area contributed by atoms with Crippen molar-refractivity contribution >= 4 is 11.8 Å². The SMILES string of the molecule is Cc1nnn(CC(=O)N2CC(F)CC2C(=O)NC(c2ccccc2)c2cc(C)c(C3CC3)c(F)c2)n1. The van der Waals surface area contributed by atoms with Crippen LogP contribution in [0.25, 0.3) is 0 Å². The predicted octanol–water partition coefficient (Wildman–Crippen LogP) is 3.15. The Hall–Kier alpha value is -3.69. The van der Waals surface area contributed by atoms with Crippen molar-refractivity contribution in [2.45, 2.75) is 63.8 Å². The third-order valence-electron chi connectivity index (χ3n) is 6.80. The fraction of sp³-hybridized carbons (Fsp3) is 0.423. The Balaban J connectivity index is 1.40. The number of aromatic nitrogens is 4. The lowest BCUT2D eigenvalue weighted by molar-refractivity contribution is -0.139. The average molecular weight is 495 g/mol. The zero-order valence-corrected chi connectivity index (χ0v) is 20.2. The first-order valence-electron chi connectivity index (χ1n) is 12.1. The van der Waals surface area contributed by atoms with Gasteiger partial charge in [0, 0.05) is 6.42 Å². The molecular formula is C26H28F2N6O2. The standard InChI is InChI=1S/C26H28F2N6O2/c1-15-10-19(11-21(28)24(15)17-8-9-17)25(18-6-4-3-5-7-18)29-26(36)22-12-20(27)13-33(22)23(35)14-34-31-16(2)30-32-34/h3-7,10-11,17,20,22,25H,8-9,12-14H2,1-2H3,(H,29,36). The number of amides is 2. The molecule has 2 aromatic carbocycles. The second-order valence-corrected chi connectivity index (χ2v) is 9.62. The summed E-state index contributed by atoms with van der Waals surface area (Å²) in [6.07, 6.45) is 0.519. The van der Waals surface area contributed by atoms with Gasteiger partial charge in [-0.25, -0.2) is 8.78 Å². The molecule has 8 nitrogen and oxygen atoms in total. The number of nitrogens with zero attached hydrogens (tertiary/aromatic N) is 5. The number of hydrogen-bond acceptors (Lipinski definition) is 5. The summed E-state index contributed by atoms with van der Waals surface area (Å²) in [6, 6.07) is 11.0. The maximum atomic E-state index is 15.1. The predicted molar refractivity (Wildman–Crippen MR) is 127 cm³/mol. The van der Waals surface area contributed by atoms with Crippen molar-refractivity contribution in [2.75, 3.05) is 6.54 Å². The van der Waals surface area contributed by atoms with Crippen LogP contribution < -0.4 is 5.32 Å². The number of aryl methyl sites for hydroxylation is 2. The van der Waals surface area contributed by atoms with Crippen molar-refractivity contribution in [1.29, 1.82) is 0 Å². The molecule has 3 unspecified atom stereocenters. The van der Waals surface area contributed by atoms with Crippen molar-refractivity contribution in [3.63, 3.8) is 0 Å². The summed E-state index contributed by atoms with van der Waals surface area (Å²) in [5.41, 5.74) is 2.95. The molecule has 1 N–H and O–H groups in total. The maximum absolute atomic E-state index is 15.1. The van der Waals surface area contributed by atoms with Gasteiger partial charge in [0.2, 0.25) is 11.8 Å². The van der Waals surface area contributed by atoms with E-state index in [1.807, 2.05) is 43.3 Å². The minimum Gasteiger partial charge on any atom is -0.343 e. The fourth-order valence-corrected chi connectivity index (χ4v) is 4.99. The van der Waals surface area contributed by atoms with Gasteiger partial charge in [0.15, 0.2) is 5.82 Å². The first kappa shape index (κ1) is 24.0. The van der Waals surface area contributed by atoms with E-state index >= 15 is 4.39 Å². The monoisotopic (exact) mass is 494 g/mol. The van der Waals surface area contributed by atoms with Crippen molar-refractivity contribution in [3.05, 3.63) is 76.4 Å². The van der Waals surface area contributed by atoms with Gasteiger partial charge in [-0.15, -0.1) is 10.2 Å². The van der Waals surface area contributed by atoms with Gasteiger partial charge in [0.05, 0.1) is 12.6 Å². The van der Waals surface area contributed by atoms with E-state index in [4.69, 9.17) is 0 Å². The zero-order valence-electron chi connectivity index (χ0n) is 20.2. The molecule has 0 radical (unpaired) electrons. The average Bonchev–Trinajstić information content (AvgIpc) is 3.47. The molecule has 3 aromatic rings. The molecule has 2 amide bonds. The van der Waals surface area contributed by atoms with Crippen LogP contribution in [-0.2, 0) is 16.1 Å². The van der Waals surface area contributed by atoms with E-state index in [1.165, 1.54) is 11.0 Å². The molecule has 188 valence electrons. The van der Waals surface area contributed by atoms with Crippen molar-refractivity contribution in [3.8, 4) is 0 Å². The van der Waals surface area contributed by atoms with Crippen LogP contribution in [0.2, 0.25) is 0 Å². The van der Waals surface area contributed by atoms with Gasteiger partial charge in [0.1, 0.15) is 24.6 Å². The minimum atomic E-state index is -1.33. The van der Waals surface area contributed by atoms with Gasteiger partial charge in [-0.3, -0.25) is 9.59 Å². The van der Waals surface area contributed by atoms with Gasteiger partial charge in [-0.1, -0.05) is 36.4 Å². The first-order valence-corrected chi connectivity index (χ1v) is 12.1. The largest absolute Gasteiger partial charge is 0.343 e. The highest BCUT2D eigenvalue weighted by Gasteiger charge is 2.41. The van der Waals surface area contributed by atoms with Gasteiger partial charge in [0.25, 0.3) is 0 Å². The van der Waals surface area contributed by atoms with Crippen LogP contribution in [-0.4, -0.2) is 55.7 Å². The molecule has 0 spiro atoms. The Morgan fingerprint density at radius 2 is 1.89 bits per heavy atom. The fourth-order valence-electron chi connectivity index (χ4n) is 4.99. The van der Waals surface area contributed by atoms with E-state index in [0.717, 1.165) is 34.3 Å². The molecule has 1 saturated heterocycles. The maximum Gasteiger partial charge on any atom is 0.247 e. The quantitative estimate of drug-likeness (QED) is 0.545. The Bertz CT molecular complexity index is 1250. The molecule has 2 heterocycles. The number of tetrazole rings is 1. The van der Waals surface area contributed by atoms with E-state index < -0.39 is 30.1 Å². The second kappa shape index (κ2) is 9.75. The Labute approximate surface area is 207 Å². The normalized spacial score (nSPS) is 20.4. The Morgan fingerprint density at radius 3 is 2.53 bits per heavy atom. The van der Waals surface area contributed by atoms with Crippen LogP contribution in [0.15, 0.2) is 42.5 Å². The lowest BCUT2D eigenvalue weighted by atomic mass is 9.93. The number of carbonyl (C=O) groups excluding carboxylic acids is 2. The summed E-state index contributed by atoms with van der Waals surface area (Å²) in [5, 5.41) is 14.5. The summed E-state index contributed by atoms with van der Waals surface area (Å²) in [7, 11) is 0. The number of halogens is 2. The number of likely N-dealkylation sites (tertiary alicyclic amines) is 1. The molecule has 1 aromatic heterocycles. The lowest BCUT2D eigenvalue weighted by Gasteiger charge is -2.27. The van der Waals surface area contributed by atoms with E-state index in [2.05, 4.69) is 20.7 Å². The number of benzene rings is 2. The lowest BCUT2D eigenvalue weighted by Crippen LogP contribution is -2.48. The molecule has 1 aliphatic carbocycles. The van der Waals surface area contributed by atoms with E-state index in [-0.39, 0.29) is 31.2 Å². The Morgan fingerprint density at radius 1 is 1.14 bits per heavy atom. The highest BCUT2D eigenvalue weighted by atomic mass is 19.1. The van der Waals surface area contributed by atoms with Gasteiger partial charge in [-0.05, 0) is 66.1 Å². The summed E-state index contributed by atoms with van der Waals surface area (Å²) >= 11 is 0. The number of alkyl halides is 1. The highest BCUT2D eigenvalue weighted by Crippen LogP contribution is 2.43. The van der Waals surface area contributed by atoms with Crippen LogP contribution in [0.1, 0.15) is 59.3 Å². The summed E-state index contributed by atoms with van der Waals surface area (Å²) < 4.78 is 29.5. The minimum absolute atomic E-state index is 0.114. The van der Waals surface area contributed by atoms with Crippen molar-refractivity contribution in [2.24, 2.45) is 0 Å². The first-order chi connectivity index (χ1) is 17.3. The third kappa shape index (κ3) is 4.98. The van der Waals surface area contributed by atoms with E-state index in [1.54, 1.807) is 6.92 Å². The van der Waals surface area contributed by atoms with Crippen LogP contribution in [0.3, 0.4) is 0 Å². The number of nitrogens with one attached hydrogen (secondary N) is 1. The smallest absolute Gasteiger partial charge is 0.247 e. The topological polar surface area (TPSA) is 93.0 Å². The molecule has 36 heavy (non-hydrogen) atoms. The van der Waals surface area contributed by atoms with Crippen molar-refractivity contribution in [1.82, 2.24) is 30.4 Å². The van der Waals surface area contributed by atoms with Crippen molar-refractivity contribution < 1.29 is 18.4 Å². The van der Waals surface area contributed by atoms with Crippen LogP contribution >= 0.6 is 0 Å². The van der Waals surface area contributed by atoms with Gasteiger partial charge in [-0.2, -0.15) is 4.80 Å². The molecular weight excluding hydrogens is 466 g/mol. The molecule has 3 atom stereocenters. The Kier molecular flexibility index (Phi) is 6.51. The highest BCUT2D eigenvalue weighted by molar-refractivity contribution is 5.88. The third-order valence-corrected chi connectivity index (χ3v) is 6.80. The van der Waals surface area contributed by atoms with Crippen LogP contribution in [0.5, 0.6) is 0 Å². The molecule has 0 bridgehead atoms. The number of rotatable bonds is 7. The molecule has 1 aliphatic heterocycles. The summed E-state index contributed by atoms with van der Waals surface area (Å²) in [4.78, 5) is 28.7. The van der Waals surface area contributed by atoms with E-state index in [9.17, 15) is 14.0 Å². The van der Waals surface area contributed by atoms with Gasteiger partial charge >= 0.3 is 0 Å². The summed E-state index contributed by atoms with van der Waals surface area (Å²) in [5.74, 6) is -0.585. The van der Waals surface area contributed by atoms with Crippen LogP contribution in [0.4, 0.5) is 8.78 Å². The summed E-state index contributed by atoms with van der Waals surface area (Å²) in [6.45, 7) is 3.09. The number of carbonyl (C=O) groups is 2. The number of hydrogen-bond donors (Lipinski definition) is 1. The molecule has 1 saturated carbocycles. The molecule has 5 rings (SSSR count). The molecule has 2 aliphatic rings. The second-order valence-electron chi connectivity index (χ2n) is 9.62. The zero-order chi connectivity index (χ0) is 25.4. The van der Waals surface area contributed by atoms with E-state index in [0.29, 0.717) is 11.4 Å². The van der Waals surface area contributed by atoms with Gasteiger partial charge < -0.3 is 10.2 Å². The van der Waals surface area contributed by atoms with Crippen LogP contribution in [0, 0.1) is 19.7 Å². The molecule has 2 fully saturated rings.